The molecule has 0 aliphatic heterocycles. The number of carbonyl (C=O) groups is 1. The Balaban J connectivity index is 1.54. The fraction of sp³-hybridized carbons (Fsp3) is 0.158. The van der Waals surface area contributed by atoms with E-state index < -0.39 is 0 Å². The van der Waals surface area contributed by atoms with Gasteiger partial charge in [-0.3, -0.25) is 4.79 Å². The fourth-order valence-corrected chi connectivity index (χ4v) is 2.34. The second kappa shape index (κ2) is 7.61. The Bertz CT molecular complexity index is 859. The van der Waals surface area contributed by atoms with E-state index in [0.717, 1.165) is 5.82 Å². The van der Waals surface area contributed by atoms with Crippen molar-refractivity contribution in [3.05, 3.63) is 78.1 Å². The number of ether oxygens (including phenoxy) is 1. The van der Waals surface area contributed by atoms with Crippen LogP contribution in [0.5, 0.6) is 5.75 Å². The van der Waals surface area contributed by atoms with Crippen LogP contribution < -0.4 is 10.1 Å². The molecule has 0 aliphatic carbocycles. The molecule has 0 fully saturated rings. The largest absolute Gasteiger partial charge is 0.486 e. The SMILES string of the molecule is Cn1ccnc1COc1ccc(NC(=O)Cc2ccccc2F)cc1. The average Bonchev–Trinajstić information content (AvgIpc) is 3.01. The molecular weight excluding hydrogens is 321 g/mol. The van der Waals surface area contributed by atoms with Crippen molar-refractivity contribution in [2.24, 2.45) is 7.05 Å². The number of hydrogen-bond donors (Lipinski definition) is 1. The summed E-state index contributed by atoms with van der Waals surface area (Å²) >= 11 is 0. The van der Waals surface area contributed by atoms with E-state index in [1.165, 1.54) is 6.07 Å². The molecule has 0 atom stereocenters. The number of nitrogens with zero attached hydrogens (tertiary/aromatic N) is 2. The van der Waals surface area contributed by atoms with E-state index in [9.17, 15) is 9.18 Å². The highest BCUT2D eigenvalue weighted by Crippen LogP contribution is 2.17. The number of imidazole rings is 1. The topological polar surface area (TPSA) is 56.1 Å². The summed E-state index contributed by atoms with van der Waals surface area (Å²) in [4.78, 5) is 16.2. The Morgan fingerprint density at radius 2 is 1.96 bits per heavy atom. The lowest BCUT2D eigenvalue weighted by Gasteiger charge is -2.09. The summed E-state index contributed by atoms with van der Waals surface area (Å²) in [7, 11) is 1.90. The summed E-state index contributed by atoms with van der Waals surface area (Å²) in [5, 5.41) is 2.75. The van der Waals surface area contributed by atoms with Crippen LogP contribution in [0.15, 0.2) is 60.9 Å². The maximum Gasteiger partial charge on any atom is 0.228 e. The molecular formula is C19H18FN3O2. The second-order valence-corrected chi connectivity index (χ2v) is 5.58. The lowest BCUT2D eigenvalue weighted by Crippen LogP contribution is -2.15. The van der Waals surface area contributed by atoms with Gasteiger partial charge in [0.15, 0.2) is 0 Å². The van der Waals surface area contributed by atoms with Gasteiger partial charge in [-0.2, -0.15) is 0 Å². The van der Waals surface area contributed by atoms with E-state index in [1.807, 2.05) is 17.8 Å². The summed E-state index contributed by atoms with van der Waals surface area (Å²) in [5.74, 6) is 0.847. The third-order valence-electron chi connectivity index (χ3n) is 3.74. The Morgan fingerprint density at radius 1 is 1.20 bits per heavy atom. The molecule has 1 aromatic heterocycles. The maximum absolute atomic E-state index is 13.6. The number of halogens is 1. The normalized spacial score (nSPS) is 10.5. The fourth-order valence-electron chi connectivity index (χ4n) is 2.34. The van der Waals surface area contributed by atoms with Gasteiger partial charge >= 0.3 is 0 Å². The van der Waals surface area contributed by atoms with Crippen molar-refractivity contribution in [2.45, 2.75) is 13.0 Å². The molecule has 0 aliphatic rings. The minimum Gasteiger partial charge on any atom is -0.486 e. The van der Waals surface area contributed by atoms with Crippen LogP contribution in [0.4, 0.5) is 10.1 Å². The van der Waals surface area contributed by atoms with E-state index in [2.05, 4.69) is 10.3 Å². The summed E-state index contributed by atoms with van der Waals surface area (Å²) in [5.41, 5.74) is 1.00. The molecule has 25 heavy (non-hydrogen) atoms. The van der Waals surface area contributed by atoms with E-state index in [1.54, 1.807) is 48.7 Å². The van der Waals surface area contributed by atoms with Gasteiger partial charge in [0.2, 0.25) is 5.91 Å². The molecule has 1 heterocycles. The molecule has 128 valence electrons. The van der Waals surface area contributed by atoms with Gasteiger partial charge in [0.1, 0.15) is 24.0 Å². The lowest BCUT2D eigenvalue weighted by molar-refractivity contribution is -0.115. The van der Waals surface area contributed by atoms with Crippen LogP contribution >= 0.6 is 0 Å². The van der Waals surface area contributed by atoms with Crippen molar-refractivity contribution >= 4 is 11.6 Å². The van der Waals surface area contributed by atoms with Crippen LogP contribution in [-0.2, 0) is 24.9 Å². The van der Waals surface area contributed by atoms with Crippen molar-refractivity contribution in [1.82, 2.24) is 9.55 Å². The number of aromatic nitrogens is 2. The van der Waals surface area contributed by atoms with E-state index in [0.29, 0.717) is 23.6 Å². The summed E-state index contributed by atoms with van der Waals surface area (Å²) < 4.78 is 21.1. The van der Waals surface area contributed by atoms with Crippen molar-refractivity contribution in [3.63, 3.8) is 0 Å². The Kier molecular flexibility index (Phi) is 5.09. The molecule has 0 unspecified atom stereocenters. The second-order valence-electron chi connectivity index (χ2n) is 5.58. The van der Waals surface area contributed by atoms with Crippen molar-refractivity contribution in [2.75, 3.05) is 5.32 Å². The minimum absolute atomic E-state index is 0.00984. The van der Waals surface area contributed by atoms with Gasteiger partial charge in [-0.25, -0.2) is 9.37 Å². The summed E-state index contributed by atoms with van der Waals surface area (Å²) in [6, 6.07) is 13.3. The molecule has 0 spiro atoms. The monoisotopic (exact) mass is 339 g/mol. The number of carbonyl (C=O) groups excluding carboxylic acids is 1. The van der Waals surface area contributed by atoms with Gasteiger partial charge in [0.25, 0.3) is 0 Å². The molecule has 3 aromatic rings. The predicted molar refractivity (Wildman–Crippen MR) is 92.7 cm³/mol. The standard InChI is InChI=1S/C19H18FN3O2/c1-23-11-10-21-18(23)13-25-16-8-6-15(7-9-16)22-19(24)12-14-4-2-3-5-17(14)20/h2-11H,12-13H2,1H3,(H,22,24). The van der Waals surface area contributed by atoms with Crippen LogP contribution in [0.25, 0.3) is 0 Å². The highest BCUT2D eigenvalue weighted by molar-refractivity contribution is 5.92. The van der Waals surface area contributed by atoms with Crippen molar-refractivity contribution in [1.29, 1.82) is 0 Å². The zero-order chi connectivity index (χ0) is 17.6. The Morgan fingerprint density at radius 3 is 2.64 bits per heavy atom. The Hall–Kier alpha value is -3.15. The summed E-state index contributed by atoms with van der Waals surface area (Å²) in [6.45, 7) is 0.364. The first kappa shape index (κ1) is 16.7. The summed E-state index contributed by atoms with van der Waals surface area (Å²) in [6.07, 6.45) is 3.56. The molecule has 0 saturated heterocycles. The quantitative estimate of drug-likeness (QED) is 0.749. The molecule has 0 radical (unpaired) electrons. The number of anilines is 1. The van der Waals surface area contributed by atoms with Crippen LogP contribution in [0.1, 0.15) is 11.4 Å². The molecule has 2 aromatic carbocycles. The molecule has 3 rings (SSSR count). The number of amides is 1. The Labute approximate surface area is 145 Å². The van der Waals surface area contributed by atoms with Gasteiger partial charge in [-0.05, 0) is 35.9 Å². The number of aryl methyl sites for hydroxylation is 1. The average molecular weight is 339 g/mol. The van der Waals surface area contributed by atoms with Gasteiger partial charge in [0, 0.05) is 25.1 Å². The maximum atomic E-state index is 13.6. The molecule has 0 saturated carbocycles. The van der Waals surface area contributed by atoms with Gasteiger partial charge in [-0.15, -0.1) is 0 Å². The third kappa shape index (κ3) is 4.44. The van der Waals surface area contributed by atoms with E-state index in [4.69, 9.17) is 4.74 Å². The van der Waals surface area contributed by atoms with Gasteiger partial charge in [0.05, 0.1) is 6.42 Å². The van der Waals surface area contributed by atoms with Crippen molar-refractivity contribution in [3.8, 4) is 5.75 Å². The van der Waals surface area contributed by atoms with Crippen LogP contribution in [-0.4, -0.2) is 15.5 Å². The smallest absolute Gasteiger partial charge is 0.228 e. The van der Waals surface area contributed by atoms with Crippen molar-refractivity contribution < 1.29 is 13.9 Å². The first-order chi connectivity index (χ1) is 12.1. The highest BCUT2D eigenvalue weighted by Gasteiger charge is 2.08. The van der Waals surface area contributed by atoms with E-state index >= 15 is 0 Å². The number of nitrogens with one attached hydrogen (secondary N) is 1. The zero-order valence-corrected chi connectivity index (χ0v) is 13.8. The number of benzene rings is 2. The lowest BCUT2D eigenvalue weighted by atomic mass is 10.1. The van der Waals surface area contributed by atoms with Gasteiger partial charge in [-0.1, -0.05) is 18.2 Å². The number of hydrogen-bond acceptors (Lipinski definition) is 3. The van der Waals surface area contributed by atoms with Crippen LogP contribution in [0.2, 0.25) is 0 Å². The predicted octanol–water partition coefficient (Wildman–Crippen LogP) is 3.32. The third-order valence-corrected chi connectivity index (χ3v) is 3.74. The molecule has 1 N–H and O–H groups in total. The molecule has 1 amide bonds. The molecule has 5 nitrogen and oxygen atoms in total. The first-order valence-corrected chi connectivity index (χ1v) is 7.84. The molecule has 6 heteroatoms. The van der Waals surface area contributed by atoms with E-state index in [-0.39, 0.29) is 18.1 Å². The van der Waals surface area contributed by atoms with Crippen LogP contribution in [0.3, 0.4) is 0 Å². The number of rotatable bonds is 6. The minimum atomic E-state index is -0.379. The zero-order valence-electron chi connectivity index (χ0n) is 13.8. The van der Waals surface area contributed by atoms with Gasteiger partial charge < -0.3 is 14.6 Å². The highest BCUT2D eigenvalue weighted by atomic mass is 19.1. The molecule has 0 bridgehead atoms. The first-order valence-electron chi connectivity index (χ1n) is 7.84. The van der Waals surface area contributed by atoms with Crippen LogP contribution in [0, 0.1) is 5.82 Å².